The van der Waals surface area contributed by atoms with Crippen LogP contribution in [-0.4, -0.2) is 17.7 Å². The van der Waals surface area contributed by atoms with Crippen molar-refractivity contribution in [3.8, 4) is 0 Å². The lowest BCUT2D eigenvalue weighted by Crippen LogP contribution is -2.28. The molecule has 1 unspecified atom stereocenters. The van der Waals surface area contributed by atoms with Crippen LogP contribution in [0.1, 0.15) is 17.5 Å². The van der Waals surface area contributed by atoms with Gasteiger partial charge in [0.25, 0.3) is 5.91 Å². The fraction of sp³-hybridized carbons (Fsp3) is 0.273. The van der Waals surface area contributed by atoms with E-state index in [0.717, 1.165) is 11.3 Å². The Bertz CT molecular complexity index is 409. The number of hydrogen-bond donors (Lipinski definition) is 1. The predicted octanol–water partition coefficient (Wildman–Crippen LogP) is 0.973. The summed E-state index contributed by atoms with van der Waals surface area (Å²) in [5.74, 6) is -0.471. The summed E-state index contributed by atoms with van der Waals surface area (Å²) in [5, 5.41) is 3.85. The zero-order valence-corrected chi connectivity index (χ0v) is 8.43. The second kappa shape index (κ2) is 3.73. The van der Waals surface area contributed by atoms with E-state index >= 15 is 0 Å². The van der Waals surface area contributed by atoms with Gasteiger partial charge in [-0.05, 0) is 12.5 Å². The van der Waals surface area contributed by atoms with E-state index in [2.05, 4.69) is 5.16 Å². The zero-order valence-electron chi connectivity index (χ0n) is 8.43. The lowest BCUT2D eigenvalue weighted by atomic mass is 10.0. The van der Waals surface area contributed by atoms with Gasteiger partial charge in [0.1, 0.15) is 0 Å². The van der Waals surface area contributed by atoms with Crippen LogP contribution in [0.4, 0.5) is 0 Å². The molecule has 1 heterocycles. The molecule has 4 nitrogen and oxygen atoms in total. The van der Waals surface area contributed by atoms with Gasteiger partial charge in [-0.15, -0.1) is 0 Å². The van der Waals surface area contributed by atoms with Crippen LogP contribution < -0.4 is 5.73 Å². The molecule has 0 aliphatic carbocycles. The molecule has 0 saturated carbocycles. The Hall–Kier alpha value is -1.84. The maximum absolute atomic E-state index is 10.9. The van der Waals surface area contributed by atoms with Crippen LogP contribution >= 0.6 is 0 Å². The Labute approximate surface area is 87.7 Å². The minimum Gasteiger partial charge on any atom is -0.382 e. The SMILES string of the molecule is Cc1ccc(C2=NOC(C(N)=O)C2)cc1. The lowest BCUT2D eigenvalue weighted by molar-refractivity contribution is -0.127. The topological polar surface area (TPSA) is 64.7 Å². The van der Waals surface area contributed by atoms with Crippen LogP contribution in [0.2, 0.25) is 0 Å². The van der Waals surface area contributed by atoms with E-state index < -0.39 is 12.0 Å². The number of carbonyl (C=O) groups excluding carboxylic acids is 1. The molecule has 1 atom stereocenters. The molecule has 0 saturated heterocycles. The highest BCUT2D eigenvalue weighted by Gasteiger charge is 2.26. The van der Waals surface area contributed by atoms with Gasteiger partial charge in [0.05, 0.1) is 5.71 Å². The number of rotatable bonds is 2. The van der Waals surface area contributed by atoms with E-state index in [1.807, 2.05) is 31.2 Å². The maximum atomic E-state index is 10.9. The van der Waals surface area contributed by atoms with Gasteiger partial charge < -0.3 is 10.6 Å². The summed E-state index contributed by atoms with van der Waals surface area (Å²) in [6.07, 6.45) is -0.153. The number of primary amides is 1. The average Bonchev–Trinajstić information content (AvgIpc) is 2.68. The van der Waals surface area contributed by atoms with Crippen LogP contribution in [0.3, 0.4) is 0 Å². The van der Waals surface area contributed by atoms with E-state index in [9.17, 15) is 4.79 Å². The first kappa shape index (κ1) is 9.71. The van der Waals surface area contributed by atoms with Crippen LogP contribution in [0, 0.1) is 6.92 Å². The molecule has 78 valence electrons. The smallest absolute Gasteiger partial charge is 0.261 e. The number of nitrogens with two attached hydrogens (primary N) is 1. The van der Waals surface area contributed by atoms with Crippen molar-refractivity contribution in [3.05, 3.63) is 35.4 Å². The summed E-state index contributed by atoms with van der Waals surface area (Å²) in [5.41, 5.74) is 8.06. The van der Waals surface area contributed by atoms with Gasteiger partial charge in [-0.2, -0.15) is 0 Å². The van der Waals surface area contributed by atoms with Gasteiger partial charge in [-0.3, -0.25) is 4.79 Å². The number of nitrogens with zero attached hydrogens (tertiary/aromatic N) is 1. The Morgan fingerprint density at radius 3 is 2.67 bits per heavy atom. The third kappa shape index (κ3) is 1.98. The minimum absolute atomic E-state index is 0.457. The number of hydrogen-bond acceptors (Lipinski definition) is 3. The molecule has 4 heteroatoms. The van der Waals surface area contributed by atoms with Gasteiger partial charge in [0.15, 0.2) is 0 Å². The first-order valence-corrected chi connectivity index (χ1v) is 4.76. The summed E-state index contributed by atoms with van der Waals surface area (Å²) in [6.45, 7) is 2.02. The molecule has 0 aromatic heterocycles. The van der Waals surface area contributed by atoms with Crippen molar-refractivity contribution in [3.63, 3.8) is 0 Å². The standard InChI is InChI=1S/C11H12N2O2/c1-7-2-4-8(5-3-7)9-6-10(11(12)14)15-13-9/h2-5,10H,6H2,1H3,(H2,12,14). The van der Waals surface area contributed by atoms with Crippen LogP contribution in [0.15, 0.2) is 29.4 Å². The number of carbonyl (C=O) groups is 1. The van der Waals surface area contributed by atoms with Crippen molar-refractivity contribution in [1.29, 1.82) is 0 Å². The van der Waals surface area contributed by atoms with E-state index in [1.54, 1.807) is 0 Å². The van der Waals surface area contributed by atoms with Crippen LogP contribution in [0.25, 0.3) is 0 Å². The summed E-state index contributed by atoms with van der Waals surface area (Å²) in [4.78, 5) is 15.8. The molecule has 0 spiro atoms. The van der Waals surface area contributed by atoms with E-state index in [0.29, 0.717) is 6.42 Å². The maximum Gasteiger partial charge on any atom is 0.261 e. The quantitative estimate of drug-likeness (QED) is 0.780. The molecule has 0 radical (unpaired) electrons. The molecular formula is C11H12N2O2. The highest BCUT2D eigenvalue weighted by molar-refractivity contribution is 6.03. The largest absolute Gasteiger partial charge is 0.382 e. The molecule has 1 aliphatic heterocycles. The van der Waals surface area contributed by atoms with E-state index in [4.69, 9.17) is 10.6 Å². The number of oxime groups is 1. The third-order valence-corrected chi connectivity index (χ3v) is 2.37. The third-order valence-electron chi connectivity index (χ3n) is 2.37. The van der Waals surface area contributed by atoms with E-state index in [-0.39, 0.29) is 0 Å². The lowest BCUT2D eigenvalue weighted by Gasteiger charge is -2.01. The number of aryl methyl sites for hydroxylation is 1. The Kier molecular flexibility index (Phi) is 2.41. The van der Waals surface area contributed by atoms with Gasteiger partial charge in [-0.25, -0.2) is 0 Å². The van der Waals surface area contributed by atoms with Gasteiger partial charge >= 0.3 is 0 Å². The molecule has 0 bridgehead atoms. The zero-order chi connectivity index (χ0) is 10.8. The first-order chi connectivity index (χ1) is 7.16. The van der Waals surface area contributed by atoms with Gasteiger partial charge in [0.2, 0.25) is 6.10 Å². The summed E-state index contributed by atoms with van der Waals surface area (Å²) in [7, 11) is 0. The monoisotopic (exact) mass is 204 g/mol. The Morgan fingerprint density at radius 2 is 2.13 bits per heavy atom. The number of benzene rings is 1. The normalized spacial score (nSPS) is 19.5. The Morgan fingerprint density at radius 1 is 1.47 bits per heavy atom. The number of amides is 1. The van der Waals surface area contributed by atoms with Gasteiger partial charge in [-0.1, -0.05) is 35.0 Å². The van der Waals surface area contributed by atoms with Crippen molar-refractivity contribution in [1.82, 2.24) is 0 Å². The molecule has 1 aromatic rings. The highest BCUT2D eigenvalue weighted by Crippen LogP contribution is 2.16. The second-order valence-corrected chi connectivity index (χ2v) is 3.60. The van der Waals surface area contributed by atoms with Crippen molar-refractivity contribution >= 4 is 11.6 Å². The second-order valence-electron chi connectivity index (χ2n) is 3.60. The van der Waals surface area contributed by atoms with Gasteiger partial charge in [0, 0.05) is 6.42 Å². The van der Waals surface area contributed by atoms with Crippen molar-refractivity contribution in [2.75, 3.05) is 0 Å². The predicted molar refractivity (Wildman–Crippen MR) is 56.4 cm³/mol. The molecule has 1 aliphatic rings. The first-order valence-electron chi connectivity index (χ1n) is 4.76. The fourth-order valence-corrected chi connectivity index (χ4v) is 1.45. The van der Waals surface area contributed by atoms with Crippen molar-refractivity contribution < 1.29 is 9.63 Å². The summed E-state index contributed by atoms with van der Waals surface area (Å²) in [6, 6.07) is 7.91. The summed E-state index contributed by atoms with van der Waals surface area (Å²) >= 11 is 0. The average molecular weight is 204 g/mol. The summed E-state index contributed by atoms with van der Waals surface area (Å²) < 4.78 is 0. The van der Waals surface area contributed by atoms with Crippen LogP contribution in [-0.2, 0) is 9.63 Å². The van der Waals surface area contributed by atoms with Crippen molar-refractivity contribution in [2.24, 2.45) is 10.9 Å². The minimum atomic E-state index is -0.610. The molecule has 1 amide bonds. The van der Waals surface area contributed by atoms with Crippen LogP contribution in [0.5, 0.6) is 0 Å². The molecule has 2 N–H and O–H groups in total. The molecule has 1 aromatic carbocycles. The van der Waals surface area contributed by atoms with Crippen molar-refractivity contribution in [2.45, 2.75) is 19.4 Å². The molecule has 0 fully saturated rings. The fourth-order valence-electron chi connectivity index (χ4n) is 1.45. The highest BCUT2D eigenvalue weighted by atomic mass is 16.6. The van der Waals surface area contributed by atoms with E-state index in [1.165, 1.54) is 5.56 Å². The molecular weight excluding hydrogens is 192 g/mol. The Balaban J connectivity index is 2.14. The molecule has 15 heavy (non-hydrogen) atoms. The molecule has 2 rings (SSSR count).